The van der Waals surface area contributed by atoms with Crippen molar-refractivity contribution in [3.05, 3.63) is 63.6 Å². The first kappa shape index (κ1) is 20.5. The number of halogens is 2. The Morgan fingerprint density at radius 1 is 1.04 bits per heavy atom. The third kappa shape index (κ3) is 5.86. The summed E-state index contributed by atoms with van der Waals surface area (Å²) in [4.78, 5) is 12.3. The molecule has 0 aliphatic heterocycles. The molecule has 0 N–H and O–H groups in total. The van der Waals surface area contributed by atoms with Gasteiger partial charge in [0.05, 0.1) is 22.9 Å². The highest BCUT2D eigenvalue weighted by atomic mass is 35.5. The molecule has 1 heterocycles. The third-order valence-corrected chi connectivity index (χ3v) is 7.48. The molecule has 0 bridgehead atoms. The molecule has 140 valence electrons. The fourth-order valence-electron chi connectivity index (χ4n) is 2.06. The van der Waals surface area contributed by atoms with Gasteiger partial charge in [0.15, 0.2) is 14.5 Å². The molecule has 0 radical (unpaired) electrons. The van der Waals surface area contributed by atoms with Crippen molar-refractivity contribution >= 4 is 63.8 Å². The number of nitrogens with zero attached hydrogens (tertiary/aromatic N) is 2. The molecule has 1 aromatic heterocycles. The molecule has 3 aromatic rings. The smallest absolute Gasteiger partial charge is 0.175 e. The van der Waals surface area contributed by atoms with Crippen molar-refractivity contribution in [3.8, 4) is 5.75 Å². The Morgan fingerprint density at radius 2 is 1.74 bits per heavy atom. The van der Waals surface area contributed by atoms with Gasteiger partial charge in [0.1, 0.15) is 5.75 Å². The van der Waals surface area contributed by atoms with Crippen LogP contribution in [0.3, 0.4) is 0 Å². The number of thioether (sulfide) groups is 2. The van der Waals surface area contributed by atoms with E-state index in [0.717, 1.165) is 20.2 Å². The van der Waals surface area contributed by atoms with Crippen LogP contribution in [0.15, 0.2) is 51.1 Å². The summed E-state index contributed by atoms with van der Waals surface area (Å²) in [5.74, 6) is 1.88. The van der Waals surface area contributed by atoms with Crippen molar-refractivity contribution < 1.29 is 9.53 Å². The van der Waals surface area contributed by atoms with Gasteiger partial charge in [0.2, 0.25) is 0 Å². The monoisotopic (exact) mass is 456 g/mol. The zero-order valence-electron chi connectivity index (χ0n) is 14.1. The maximum absolute atomic E-state index is 12.3. The average molecular weight is 457 g/mol. The standard InChI is InChI=1S/C18H14Cl2N2O2S3/c1-24-13-5-2-11(3-6-13)9-25-17-21-22-18(27-17)26-10-16(23)12-4-7-14(19)15(20)8-12/h2-8H,9-10H2,1H3. The molecule has 3 rings (SSSR count). The number of aromatic nitrogens is 2. The molecule has 27 heavy (non-hydrogen) atoms. The third-order valence-electron chi connectivity index (χ3n) is 3.48. The van der Waals surface area contributed by atoms with Gasteiger partial charge < -0.3 is 4.74 Å². The van der Waals surface area contributed by atoms with Crippen LogP contribution in [0.2, 0.25) is 10.0 Å². The number of ether oxygens (including phenoxy) is 1. The van der Waals surface area contributed by atoms with E-state index in [4.69, 9.17) is 27.9 Å². The van der Waals surface area contributed by atoms with Gasteiger partial charge in [0.25, 0.3) is 0 Å². The van der Waals surface area contributed by atoms with E-state index in [1.165, 1.54) is 28.7 Å². The quantitative estimate of drug-likeness (QED) is 0.300. The lowest BCUT2D eigenvalue weighted by molar-refractivity contribution is 0.102. The van der Waals surface area contributed by atoms with E-state index < -0.39 is 0 Å². The van der Waals surface area contributed by atoms with Gasteiger partial charge in [-0.2, -0.15) is 0 Å². The normalized spacial score (nSPS) is 10.8. The van der Waals surface area contributed by atoms with Crippen molar-refractivity contribution in [2.24, 2.45) is 0 Å². The number of hydrogen-bond donors (Lipinski definition) is 0. The molecule has 0 fully saturated rings. The summed E-state index contributed by atoms with van der Waals surface area (Å²) in [5, 5.41) is 9.13. The molecule has 0 saturated heterocycles. The molecule has 0 aliphatic rings. The summed E-state index contributed by atoms with van der Waals surface area (Å²) in [6, 6.07) is 12.8. The van der Waals surface area contributed by atoms with E-state index in [9.17, 15) is 4.79 Å². The van der Waals surface area contributed by atoms with E-state index in [-0.39, 0.29) is 11.5 Å². The average Bonchev–Trinajstić information content (AvgIpc) is 3.15. The van der Waals surface area contributed by atoms with Crippen molar-refractivity contribution in [1.82, 2.24) is 10.2 Å². The molecule has 9 heteroatoms. The van der Waals surface area contributed by atoms with Crippen LogP contribution in [-0.2, 0) is 5.75 Å². The molecule has 0 atom stereocenters. The van der Waals surface area contributed by atoms with Crippen molar-refractivity contribution in [2.75, 3.05) is 12.9 Å². The Balaban J connectivity index is 1.51. The predicted octanol–water partition coefficient (Wildman–Crippen LogP) is 6.12. The van der Waals surface area contributed by atoms with Crippen LogP contribution in [-0.4, -0.2) is 28.8 Å². The highest BCUT2D eigenvalue weighted by Crippen LogP contribution is 2.31. The first-order chi connectivity index (χ1) is 13.0. The molecule has 4 nitrogen and oxygen atoms in total. The lowest BCUT2D eigenvalue weighted by Gasteiger charge is -2.02. The summed E-state index contributed by atoms with van der Waals surface area (Å²) in [6.07, 6.45) is 0. The fraction of sp³-hybridized carbons (Fsp3) is 0.167. The Morgan fingerprint density at radius 3 is 2.41 bits per heavy atom. The maximum atomic E-state index is 12.3. The number of benzene rings is 2. The second-order valence-electron chi connectivity index (χ2n) is 5.31. The van der Waals surface area contributed by atoms with E-state index >= 15 is 0 Å². The minimum absolute atomic E-state index is 0.0267. The highest BCUT2D eigenvalue weighted by molar-refractivity contribution is 8.03. The van der Waals surface area contributed by atoms with E-state index in [1.54, 1.807) is 37.1 Å². The van der Waals surface area contributed by atoms with Gasteiger partial charge in [-0.1, -0.05) is 70.2 Å². The Kier molecular flexibility index (Phi) is 7.43. The van der Waals surface area contributed by atoms with Crippen LogP contribution in [0.5, 0.6) is 5.75 Å². The van der Waals surface area contributed by atoms with Gasteiger partial charge >= 0.3 is 0 Å². The first-order valence-electron chi connectivity index (χ1n) is 7.75. The molecule has 0 unspecified atom stereocenters. The number of carbonyl (C=O) groups is 1. The Labute approximate surface area is 179 Å². The summed E-state index contributed by atoms with van der Waals surface area (Å²) in [7, 11) is 1.65. The summed E-state index contributed by atoms with van der Waals surface area (Å²) in [5.41, 5.74) is 1.72. The molecule has 2 aromatic carbocycles. The van der Waals surface area contributed by atoms with Crippen LogP contribution in [0.25, 0.3) is 0 Å². The molecule has 0 spiro atoms. The van der Waals surface area contributed by atoms with Crippen LogP contribution < -0.4 is 4.74 Å². The summed E-state index contributed by atoms with van der Waals surface area (Å²) in [6.45, 7) is 0. The zero-order chi connectivity index (χ0) is 19.2. The van der Waals surface area contributed by atoms with Gasteiger partial charge in [0, 0.05) is 11.3 Å². The first-order valence-corrected chi connectivity index (χ1v) is 11.3. The Hall–Kier alpha value is -1.25. The van der Waals surface area contributed by atoms with Crippen LogP contribution in [0.4, 0.5) is 0 Å². The van der Waals surface area contributed by atoms with Gasteiger partial charge in [-0.25, -0.2) is 0 Å². The second kappa shape index (κ2) is 9.80. The van der Waals surface area contributed by atoms with Crippen molar-refractivity contribution in [1.29, 1.82) is 0 Å². The van der Waals surface area contributed by atoms with Gasteiger partial charge in [-0.15, -0.1) is 10.2 Å². The van der Waals surface area contributed by atoms with Crippen LogP contribution in [0, 0.1) is 0 Å². The molecule has 0 aliphatic carbocycles. The van der Waals surface area contributed by atoms with Crippen LogP contribution in [0.1, 0.15) is 15.9 Å². The minimum Gasteiger partial charge on any atom is -0.497 e. The number of Topliss-reactive ketones (excluding diaryl/α,β-unsaturated/α-hetero) is 1. The molecule has 0 saturated carbocycles. The number of hydrogen-bond acceptors (Lipinski definition) is 7. The number of ketones is 1. The van der Waals surface area contributed by atoms with Crippen molar-refractivity contribution in [3.63, 3.8) is 0 Å². The molecule has 0 amide bonds. The highest BCUT2D eigenvalue weighted by Gasteiger charge is 2.12. The van der Waals surface area contributed by atoms with Crippen molar-refractivity contribution in [2.45, 2.75) is 14.4 Å². The molecular weight excluding hydrogens is 443 g/mol. The summed E-state index contributed by atoms with van der Waals surface area (Å²) < 4.78 is 6.79. The van der Waals surface area contributed by atoms with Crippen LogP contribution >= 0.6 is 58.1 Å². The summed E-state index contributed by atoms with van der Waals surface area (Å²) >= 11 is 16.3. The topological polar surface area (TPSA) is 52.1 Å². The number of methoxy groups -OCH3 is 1. The predicted molar refractivity (Wildman–Crippen MR) is 114 cm³/mol. The largest absolute Gasteiger partial charge is 0.497 e. The van der Waals surface area contributed by atoms with E-state index in [1.807, 2.05) is 24.3 Å². The lowest BCUT2D eigenvalue weighted by Crippen LogP contribution is -2.02. The van der Waals surface area contributed by atoms with E-state index in [0.29, 0.717) is 15.6 Å². The second-order valence-corrected chi connectivity index (χ2v) is 9.55. The van der Waals surface area contributed by atoms with E-state index in [2.05, 4.69) is 10.2 Å². The zero-order valence-corrected chi connectivity index (χ0v) is 18.1. The fourth-order valence-corrected chi connectivity index (χ4v) is 5.23. The molecular formula is C18H14Cl2N2O2S3. The lowest BCUT2D eigenvalue weighted by atomic mass is 10.1. The van der Waals surface area contributed by atoms with Gasteiger partial charge in [-0.3, -0.25) is 4.79 Å². The Bertz CT molecular complexity index is 933. The number of carbonyl (C=O) groups excluding carboxylic acids is 1. The number of rotatable bonds is 8. The SMILES string of the molecule is COc1ccc(CSc2nnc(SCC(=O)c3ccc(Cl)c(Cl)c3)s2)cc1. The minimum atomic E-state index is -0.0267. The van der Waals surface area contributed by atoms with Gasteiger partial charge in [-0.05, 0) is 35.9 Å². The maximum Gasteiger partial charge on any atom is 0.175 e.